The Morgan fingerprint density at radius 1 is 1.18 bits per heavy atom. The molecule has 1 fully saturated rings. The smallest absolute Gasteiger partial charge is 0.351 e. The number of hydrogen-bond donors (Lipinski definition) is 3. The summed E-state index contributed by atoms with van der Waals surface area (Å²) >= 11 is 5.99. The van der Waals surface area contributed by atoms with Crippen molar-refractivity contribution in [2.75, 3.05) is 34.2 Å². The van der Waals surface area contributed by atoms with E-state index in [1.807, 2.05) is 0 Å². The van der Waals surface area contributed by atoms with Gasteiger partial charge in [-0.05, 0) is 43.5 Å². The predicted octanol–water partition coefficient (Wildman–Crippen LogP) is 3.84. The van der Waals surface area contributed by atoms with Crippen LogP contribution in [0.4, 0.5) is 26.4 Å². The number of nitrogens with zero attached hydrogens (tertiary/aromatic N) is 2. The monoisotopic (exact) mass is 499 g/mol. The number of benzene rings is 1. The average molecular weight is 500 g/mol. The summed E-state index contributed by atoms with van der Waals surface area (Å²) in [5.74, 6) is -2.01. The summed E-state index contributed by atoms with van der Waals surface area (Å²) < 4.78 is 40.9. The van der Waals surface area contributed by atoms with Crippen molar-refractivity contribution >= 4 is 50.8 Å². The van der Waals surface area contributed by atoms with Gasteiger partial charge in [-0.15, -0.1) is 5.06 Å². The second-order valence-electron chi connectivity index (χ2n) is 7.23. The molecule has 33 heavy (non-hydrogen) atoms. The Labute approximate surface area is 195 Å². The molecule has 178 valence electrons. The third-order valence-corrected chi connectivity index (χ3v) is 6.38. The minimum Gasteiger partial charge on any atom is -0.351 e. The molecule has 1 aromatic carbocycles. The van der Waals surface area contributed by atoms with Crippen LogP contribution in [-0.2, 0) is 14.9 Å². The van der Waals surface area contributed by atoms with Gasteiger partial charge >= 0.3 is 6.09 Å². The van der Waals surface area contributed by atoms with Crippen LogP contribution in [-0.4, -0.2) is 49.3 Å². The maximum atomic E-state index is 14.9. The van der Waals surface area contributed by atoms with E-state index >= 15 is 0 Å². The summed E-state index contributed by atoms with van der Waals surface area (Å²) in [7, 11) is -3.77. The lowest BCUT2D eigenvalue weighted by Crippen LogP contribution is -2.27. The van der Waals surface area contributed by atoms with Crippen LogP contribution >= 0.6 is 11.6 Å². The largest absolute Gasteiger partial charge is 0.431 e. The van der Waals surface area contributed by atoms with Crippen molar-refractivity contribution in [1.29, 1.82) is 0 Å². The summed E-state index contributed by atoms with van der Waals surface area (Å²) in [5.41, 5.74) is -0.706. The number of carbonyl (C=O) groups is 2. The molecule has 13 heteroatoms. The molecular formula is C20H23ClFN5O5S. The first-order valence-electron chi connectivity index (χ1n) is 10.2. The first kappa shape index (κ1) is 24.7. The normalized spacial score (nSPS) is 14.0. The lowest BCUT2D eigenvalue weighted by atomic mass is 10.1. The van der Waals surface area contributed by atoms with Crippen LogP contribution in [0, 0.1) is 5.82 Å². The zero-order chi connectivity index (χ0) is 24.0. The number of sulfonamides is 1. The van der Waals surface area contributed by atoms with Gasteiger partial charge in [-0.2, -0.15) is 0 Å². The van der Waals surface area contributed by atoms with Crippen LogP contribution < -0.4 is 15.4 Å². The average Bonchev–Trinajstić information content (AvgIpc) is 3.24. The molecule has 0 saturated carbocycles. The molecular weight excluding hydrogens is 477 g/mol. The standard InChI is InChI=1S/C20H23ClFN5O5S/c1-2-11-33(30,31)26-15-7-6-14(21)17(18(15)22)19(28)24-13-5-8-16(23-12-13)25-20(29)32-27-9-3-4-10-27/h5-8,12,26H,2-4,9-11H2,1H3,(H,24,28)(H,23,25,29). The van der Waals surface area contributed by atoms with Crippen LogP contribution in [0.3, 0.4) is 0 Å². The molecule has 2 amide bonds. The highest BCUT2D eigenvalue weighted by Crippen LogP contribution is 2.27. The highest BCUT2D eigenvalue weighted by Gasteiger charge is 2.22. The van der Waals surface area contributed by atoms with Gasteiger partial charge < -0.3 is 10.2 Å². The van der Waals surface area contributed by atoms with E-state index in [2.05, 4.69) is 20.3 Å². The van der Waals surface area contributed by atoms with E-state index < -0.39 is 33.4 Å². The lowest BCUT2D eigenvalue weighted by molar-refractivity contribution is -0.0739. The van der Waals surface area contributed by atoms with Gasteiger partial charge in [-0.3, -0.25) is 14.8 Å². The zero-order valence-electron chi connectivity index (χ0n) is 17.7. The molecule has 1 aliphatic rings. The molecule has 10 nitrogen and oxygen atoms in total. The van der Waals surface area contributed by atoms with Gasteiger partial charge in [-0.25, -0.2) is 22.6 Å². The number of carbonyl (C=O) groups excluding carboxylic acids is 2. The van der Waals surface area contributed by atoms with Crippen molar-refractivity contribution in [1.82, 2.24) is 10.0 Å². The number of pyridine rings is 1. The molecule has 1 aliphatic heterocycles. The molecule has 0 radical (unpaired) electrons. The number of halogens is 2. The molecule has 0 atom stereocenters. The molecule has 1 aromatic heterocycles. The van der Waals surface area contributed by atoms with E-state index in [0.717, 1.165) is 18.9 Å². The molecule has 0 aliphatic carbocycles. The second kappa shape index (κ2) is 10.8. The number of hydrogen-bond acceptors (Lipinski definition) is 7. The van der Waals surface area contributed by atoms with Crippen molar-refractivity contribution in [2.45, 2.75) is 26.2 Å². The highest BCUT2D eigenvalue weighted by molar-refractivity contribution is 7.92. The Bertz CT molecular complexity index is 1120. The summed E-state index contributed by atoms with van der Waals surface area (Å²) in [6.07, 6.45) is 2.82. The fraction of sp³-hybridized carbons (Fsp3) is 0.350. The number of nitrogens with one attached hydrogen (secondary N) is 3. The molecule has 3 N–H and O–H groups in total. The number of aromatic nitrogens is 1. The van der Waals surface area contributed by atoms with Crippen molar-refractivity contribution in [3.63, 3.8) is 0 Å². The number of rotatable bonds is 8. The van der Waals surface area contributed by atoms with Crippen molar-refractivity contribution in [3.8, 4) is 0 Å². The molecule has 0 unspecified atom stereocenters. The van der Waals surface area contributed by atoms with Crippen molar-refractivity contribution in [2.24, 2.45) is 0 Å². The quantitative estimate of drug-likeness (QED) is 0.503. The minimum atomic E-state index is -3.77. The Kier molecular flexibility index (Phi) is 8.06. The number of amides is 2. The number of anilines is 3. The predicted molar refractivity (Wildman–Crippen MR) is 122 cm³/mol. The summed E-state index contributed by atoms with van der Waals surface area (Å²) in [6, 6.07) is 5.23. The minimum absolute atomic E-state index is 0.189. The Hall–Kier alpha value is -2.96. The van der Waals surface area contributed by atoms with Crippen molar-refractivity contribution in [3.05, 3.63) is 46.9 Å². The molecule has 2 heterocycles. The van der Waals surface area contributed by atoms with Gasteiger partial charge in [-0.1, -0.05) is 18.5 Å². The SMILES string of the molecule is CCCS(=O)(=O)Nc1ccc(Cl)c(C(=O)Nc2ccc(NC(=O)ON3CCCC3)nc2)c1F. The molecule has 2 aromatic rings. The van der Waals surface area contributed by atoms with E-state index in [1.54, 1.807) is 12.0 Å². The summed E-state index contributed by atoms with van der Waals surface area (Å²) in [5, 5.41) is 6.26. The topological polar surface area (TPSA) is 130 Å². The fourth-order valence-corrected chi connectivity index (χ4v) is 4.45. The van der Waals surface area contributed by atoms with Crippen LogP contribution in [0.5, 0.6) is 0 Å². The zero-order valence-corrected chi connectivity index (χ0v) is 19.3. The van der Waals surface area contributed by atoms with Crippen molar-refractivity contribution < 1.29 is 27.2 Å². The van der Waals surface area contributed by atoms with Gasteiger partial charge in [0.1, 0.15) is 5.82 Å². The van der Waals surface area contributed by atoms with Crippen LogP contribution in [0.25, 0.3) is 0 Å². The first-order chi connectivity index (χ1) is 15.7. The van der Waals surface area contributed by atoms with E-state index in [9.17, 15) is 22.4 Å². The maximum absolute atomic E-state index is 14.9. The summed E-state index contributed by atoms with van der Waals surface area (Å²) in [6.45, 7) is 3.01. The van der Waals surface area contributed by atoms with Crippen LogP contribution in [0.2, 0.25) is 5.02 Å². The highest BCUT2D eigenvalue weighted by atomic mass is 35.5. The Morgan fingerprint density at radius 3 is 2.55 bits per heavy atom. The molecule has 1 saturated heterocycles. The van der Waals surface area contributed by atoms with Gasteiger partial charge in [0, 0.05) is 13.1 Å². The van der Waals surface area contributed by atoms with Gasteiger partial charge in [0.05, 0.1) is 33.9 Å². The lowest BCUT2D eigenvalue weighted by Gasteiger charge is -2.14. The van der Waals surface area contributed by atoms with E-state index in [-0.39, 0.29) is 28.0 Å². The Morgan fingerprint density at radius 2 is 1.91 bits per heavy atom. The second-order valence-corrected chi connectivity index (χ2v) is 9.48. The van der Waals surface area contributed by atoms with Gasteiger partial charge in [0.15, 0.2) is 5.82 Å². The van der Waals surface area contributed by atoms with Crippen LogP contribution in [0.1, 0.15) is 36.5 Å². The molecule has 0 spiro atoms. The third-order valence-electron chi connectivity index (χ3n) is 4.59. The van der Waals surface area contributed by atoms with E-state index in [4.69, 9.17) is 16.4 Å². The Balaban J connectivity index is 1.67. The van der Waals surface area contributed by atoms with E-state index in [1.165, 1.54) is 24.4 Å². The van der Waals surface area contributed by atoms with Gasteiger partial charge in [0.2, 0.25) is 10.0 Å². The van der Waals surface area contributed by atoms with Crippen LogP contribution in [0.15, 0.2) is 30.5 Å². The number of hydroxylamine groups is 2. The van der Waals surface area contributed by atoms with Gasteiger partial charge in [0.25, 0.3) is 5.91 Å². The molecule has 3 rings (SSSR count). The third kappa shape index (κ3) is 6.76. The first-order valence-corrected chi connectivity index (χ1v) is 12.2. The molecule has 0 bridgehead atoms. The maximum Gasteiger partial charge on any atom is 0.431 e. The summed E-state index contributed by atoms with van der Waals surface area (Å²) in [4.78, 5) is 33.6. The fourth-order valence-electron chi connectivity index (χ4n) is 3.09. The van der Waals surface area contributed by atoms with E-state index in [0.29, 0.717) is 19.5 Å².